The van der Waals surface area contributed by atoms with E-state index in [4.69, 9.17) is 19.0 Å². The van der Waals surface area contributed by atoms with E-state index in [-0.39, 0.29) is 12.4 Å². The molecule has 10 heteroatoms. The second kappa shape index (κ2) is 10.1. The maximum Gasteiger partial charge on any atom is 0.439 e. The molecule has 0 bridgehead atoms. The Morgan fingerprint density at radius 1 is 1.17 bits per heavy atom. The van der Waals surface area contributed by atoms with Crippen molar-refractivity contribution >= 4 is 22.2 Å². The molecule has 2 aromatic heterocycles. The summed E-state index contributed by atoms with van der Waals surface area (Å²) < 4.78 is 32.6. The zero-order chi connectivity index (χ0) is 28.9. The van der Waals surface area contributed by atoms with Gasteiger partial charge in [-0.1, -0.05) is 29.4 Å². The minimum atomic E-state index is -1.06. The predicted octanol–water partition coefficient (Wildman–Crippen LogP) is 5.15. The summed E-state index contributed by atoms with van der Waals surface area (Å²) >= 11 is 0. The zero-order valence-electron chi connectivity index (χ0n) is 23.1. The molecule has 0 unspecified atom stereocenters. The molecule has 5 aromatic rings. The van der Waals surface area contributed by atoms with Crippen LogP contribution in [0.3, 0.4) is 0 Å². The lowest BCUT2D eigenvalue weighted by Gasteiger charge is -2.18. The van der Waals surface area contributed by atoms with E-state index < -0.39 is 17.2 Å². The number of allylic oxidation sites excluding steroid dienone is 1. The number of fused-ring (bicyclic) bond motifs is 3. The van der Waals surface area contributed by atoms with E-state index in [2.05, 4.69) is 20.8 Å². The van der Waals surface area contributed by atoms with Gasteiger partial charge in [0.15, 0.2) is 5.82 Å². The summed E-state index contributed by atoms with van der Waals surface area (Å²) in [6.45, 7) is 6.33. The second-order valence-corrected chi connectivity index (χ2v) is 10.6. The zero-order valence-corrected chi connectivity index (χ0v) is 23.1. The summed E-state index contributed by atoms with van der Waals surface area (Å²) in [5.74, 6) is 0.343. The Morgan fingerprint density at radius 2 is 1.98 bits per heavy atom. The van der Waals surface area contributed by atoms with E-state index in [1.54, 1.807) is 27.0 Å². The molecule has 41 heavy (non-hydrogen) atoms. The van der Waals surface area contributed by atoms with Crippen LogP contribution in [0.25, 0.3) is 22.2 Å². The normalized spacial score (nSPS) is 14.4. The van der Waals surface area contributed by atoms with Gasteiger partial charge in [-0.15, -0.1) is 0 Å². The number of benzene rings is 3. The van der Waals surface area contributed by atoms with Crippen molar-refractivity contribution in [1.82, 2.24) is 19.7 Å². The molecule has 0 atom stereocenters. The quantitative estimate of drug-likeness (QED) is 0.297. The van der Waals surface area contributed by atoms with Crippen LogP contribution in [-0.2, 0) is 30.1 Å². The van der Waals surface area contributed by atoms with Gasteiger partial charge in [-0.3, -0.25) is 9.51 Å². The molecule has 9 nitrogen and oxygen atoms in total. The van der Waals surface area contributed by atoms with Crippen LogP contribution in [0.5, 0.6) is 5.75 Å². The van der Waals surface area contributed by atoms with Gasteiger partial charge in [0.1, 0.15) is 30.6 Å². The SMILES string of the molecule is COCc1nc2c(C(C)(C)O)cccc2n1Cc1ccc2c(c1)COc1cc(F)ccc1/C2=C(/C)c1noc(=O)[nH]1. The lowest BCUT2D eigenvalue weighted by Crippen LogP contribution is -2.16. The first-order valence-electron chi connectivity index (χ1n) is 13.2. The average Bonchev–Trinajstić information content (AvgIpc) is 3.47. The smallest absolute Gasteiger partial charge is 0.439 e. The number of hydrogen-bond acceptors (Lipinski definition) is 7. The molecule has 3 heterocycles. The number of nitrogens with one attached hydrogen (secondary N) is 1. The Balaban J connectivity index is 1.48. The molecule has 0 saturated heterocycles. The average molecular weight is 557 g/mol. The summed E-state index contributed by atoms with van der Waals surface area (Å²) in [6.07, 6.45) is 0. The van der Waals surface area contributed by atoms with Crippen LogP contribution in [0, 0.1) is 5.82 Å². The molecule has 2 N–H and O–H groups in total. The highest BCUT2D eigenvalue weighted by Crippen LogP contribution is 2.41. The molecule has 1 aliphatic rings. The highest BCUT2D eigenvalue weighted by Gasteiger charge is 2.25. The number of halogens is 1. The van der Waals surface area contributed by atoms with E-state index in [1.807, 2.05) is 37.3 Å². The Labute approximate surface area is 234 Å². The van der Waals surface area contributed by atoms with Gasteiger partial charge in [-0.05, 0) is 67.3 Å². The van der Waals surface area contributed by atoms with Crippen LogP contribution >= 0.6 is 0 Å². The van der Waals surface area contributed by atoms with E-state index >= 15 is 0 Å². The van der Waals surface area contributed by atoms with Gasteiger partial charge in [0.2, 0.25) is 0 Å². The maximum absolute atomic E-state index is 14.2. The number of imidazole rings is 1. The lowest BCUT2D eigenvalue weighted by atomic mass is 9.89. The minimum Gasteiger partial charge on any atom is -0.488 e. The number of nitrogens with zero attached hydrogens (tertiary/aromatic N) is 3. The summed E-state index contributed by atoms with van der Waals surface area (Å²) in [6, 6.07) is 16.3. The molecule has 6 rings (SSSR count). The van der Waals surface area contributed by atoms with E-state index in [0.29, 0.717) is 30.0 Å². The van der Waals surface area contributed by atoms with E-state index in [0.717, 1.165) is 44.7 Å². The van der Waals surface area contributed by atoms with Crippen LogP contribution in [0.15, 0.2) is 63.9 Å². The number of aromatic nitrogens is 4. The second-order valence-electron chi connectivity index (χ2n) is 10.6. The molecular weight excluding hydrogens is 527 g/mol. The number of H-pyrrole nitrogens is 1. The predicted molar refractivity (Wildman–Crippen MR) is 151 cm³/mol. The summed E-state index contributed by atoms with van der Waals surface area (Å²) in [5.41, 5.74) is 6.13. The van der Waals surface area contributed by atoms with E-state index in [1.165, 1.54) is 12.1 Å². The number of aliphatic hydroxyl groups is 1. The third-order valence-electron chi connectivity index (χ3n) is 7.34. The first kappa shape index (κ1) is 26.7. The van der Waals surface area contributed by atoms with Gasteiger partial charge in [0.25, 0.3) is 0 Å². The van der Waals surface area contributed by atoms with Crippen molar-refractivity contribution in [3.8, 4) is 5.75 Å². The number of aromatic amines is 1. The Hall–Kier alpha value is -4.54. The van der Waals surface area contributed by atoms with Crippen LogP contribution < -0.4 is 10.5 Å². The first-order chi connectivity index (χ1) is 19.6. The number of methoxy groups -OCH3 is 1. The van der Waals surface area contributed by atoms with Gasteiger partial charge in [0, 0.05) is 36.4 Å². The molecule has 0 radical (unpaired) electrons. The van der Waals surface area contributed by atoms with Crippen molar-refractivity contribution in [2.75, 3.05) is 7.11 Å². The van der Waals surface area contributed by atoms with Crippen molar-refractivity contribution in [2.24, 2.45) is 0 Å². The first-order valence-corrected chi connectivity index (χ1v) is 13.2. The molecule has 210 valence electrons. The van der Waals surface area contributed by atoms with Gasteiger partial charge in [-0.2, -0.15) is 0 Å². The highest BCUT2D eigenvalue weighted by molar-refractivity contribution is 5.99. The Bertz CT molecular complexity index is 1880. The Kier molecular flexibility index (Phi) is 6.59. The van der Waals surface area contributed by atoms with Crippen LogP contribution in [0.1, 0.15) is 60.2 Å². The monoisotopic (exact) mass is 556 g/mol. The van der Waals surface area contributed by atoms with Crippen molar-refractivity contribution in [3.63, 3.8) is 0 Å². The number of rotatable bonds is 6. The molecule has 1 aliphatic heterocycles. The Morgan fingerprint density at radius 3 is 2.71 bits per heavy atom. The van der Waals surface area contributed by atoms with Gasteiger partial charge in [0.05, 0.1) is 16.6 Å². The molecule has 0 fully saturated rings. The molecule has 0 spiro atoms. The van der Waals surface area contributed by atoms with Gasteiger partial charge >= 0.3 is 5.76 Å². The maximum atomic E-state index is 14.2. The van der Waals surface area contributed by atoms with Crippen LogP contribution in [-0.4, -0.2) is 31.9 Å². The highest BCUT2D eigenvalue weighted by atomic mass is 19.1. The fourth-order valence-corrected chi connectivity index (χ4v) is 5.43. The standard InChI is InChI=1S/C31H29FN4O5/c1-17(29-34-30(37)41-35-29)27-21-10-8-18(12-19(21)15-40-25-13-20(32)9-11-22(25)27)14-36-24-7-5-6-23(31(2,3)38)28(24)33-26(36)16-39-4/h5-13,38H,14-16H2,1-4H3,(H,34,35,37)/b27-17-. The fraction of sp³-hybridized carbons (Fsp3) is 0.258. The molecule has 0 amide bonds. The largest absolute Gasteiger partial charge is 0.488 e. The topological polar surface area (TPSA) is 115 Å². The molecular formula is C31H29FN4O5. The third kappa shape index (κ3) is 4.85. The summed E-state index contributed by atoms with van der Waals surface area (Å²) in [4.78, 5) is 19.2. The molecule has 0 aliphatic carbocycles. The molecule has 3 aromatic carbocycles. The fourth-order valence-electron chi connectivity index (χ4n) is 5.43. The lowest BCUT2D eigenvalue weighted by molar-refractivity contribution is 0.0800. The summed E-state index contributed by atoms with van der Waals surface area (Å²) in [5, 5.41) is 14.6. The molecule has 0 saturated carbocycles. The van der Waals surface area contributed by atoms with Crippen molar-refractivity contribution in [1.29, 1.82) is 0 Å². The number of hydrogen-bond donors (Lipinski definition) is 2. The number of ether oxygens (including phenoxy) is 2. The van der Waals surface area contributed by atoms with Crippen molar-refractivity contribution in [2.45, 2.75) is 46.1 Å². The van der Waals surface area contributed by atoms with Crippen LogP contribution in [0.4, 0.5) is 4.39 Å². The number of para-hydroxylation sites is 1. The van der Waals surface area contributed by atoms with Gasteiger partial charge < -0.3 is 19.1 Å². The summed E-state index contributed by atoms with van der Waals surface area (Å²) in [7, 11) is 1.62. The van der Waals surface area contributed by atoms with Crippen molar-refractivity contribution < 1.29 is 23.5 Å². The van der Waals surface area contributed by atoms with E-state index in [9.17, 15) is 14.3 Å². The third-order valence-corrected chi connectivity index (χ3v) is 7.34. The van der Waals surface area contributed by atoms with Gasteiger partial charge in [-0.25, -0.2) is 14.2 Å². The van der Waals surface area contributed by atoms with Crippen molar-refractivity contribution in [3.05, 3.63) is 110 Å². The minimum absolute atomic E-state index is 0.212. The van der Waals surface area contributed by atoms with Crippen LogP contribution in [0.2, 0.25) is 0 Å².